The van der Waals surface area contributed by atoms with Gasteiger partial charge in [0.1, 0.15) is 0 Å². The number of nitrogens with one attached hydrogen (secondary N) is 1. The van der Waals surface area contributed by atoms with Crippen molar-refractivity contribution in [2.75, 3.05) is 19.6 Å². The van der Waals surface area contributed by atoms with E-state index in [2.05, 4.69) is 34.1 Å². The number of aromatic amines is 1. The molecule has 3 N–H and O–H groups in total. The monoisotopic (exact) mass is 311 g/mol. The molecule has 0 radical (unpaired) electrons. The Balaban J connectivity index is 1.68. The van der Waals surface area contributed by atoms with Crippen LogP contribution in [0.3, 0.4) is 0 Å². The van der Waals surface area contributed by atoms with Crippen molar-refractivity contribution in [2.24, 2.45) is 5.73 Å². The van der Waals surface area contributed by atoms with Crippen LogP contribution in [0, 0.1) is 0 Å². The molecule has 1 aliphatic carbocycles. The zero-order chi connectivity index (χ0) is 15.7. The van der Waals surface area contributed by atoms with Crippen LogP contribution in [0.4, 0.5) is 0 Å². The van der Waals surface area contributed by atoms with Crippen molar-refractivity contribution in [3.05, 3.63) is 35.5 Å². The first-order valence-electron chi connectivity index (χ1n) is 9.38. The Kier molecular flexibility index (Phi) is 4.16. The highest BCUT2D eigenvalue weighted by Gasteiger charge is 2.33. The first-order valence-corrected chi connectivity index (χ1v) is 9.38. The lowest BCUT2D eigenvalue weighted by atomic mass is 9.78. The van der Waals surface area contributed by atoms with E-state index in [-0.39, 0.29) is 5.54 Å². The van der Waals surface area contributed by atoms with Gasteiger partial charge in [0.2, 0.25) is 0 Å². The second kappa shape index (κ2) is 6.29. The molecule has 2 aliphatic rings. The Morgan fingerprint density at radius 3 is 2.52 bits per heavy atom. The second-order valence-electron chi connectivity index (χ2n) is 7.54. The van der Waals surface area contributed by atoms with Crippen LogP contribution in [0.15, 0.2) is 24.3 Å². The average molecular weight is 311 g/mol. The van der Waals surface area contributed by atoms with Gasteiger partial charge in [-0.05, 0) is 56.8 Å². The summed E-state index contributed by atoms with van der Waals surface area (Å²) in [7, 11) is 0. The van der Waals surface area contributed by atoms with Gasteiger partial charge in [0, 0.05) is 23.1 Å². The van der Waals surface area contributed by atoms with Gasteiger partial charge in [-0.3, -0.25) is 0 Å². The Morgan fingerprint density at radius 1 is 1.00 bits per heavy atom. The zero-order valence-corrected chi connectivity index (χ0v) is 14.1. The Hall–Kier alpha value is -1.32. The average Bonchev–Trinajstić information content (AvgIpc) is 3.21. The summed E-state index contributed by atoms with van der Waals surface area (Å²) in [6.45, 7) is 3.71. The van der Waals surface area contributed by atoms with Crippen molar-refractivity contribution in [3.63, 3.8) is 0 Å². The maximum atomic E-state index is 6.88. The van der Waals surface area contributed by atoms with Crippen LogP contribution in [0.25, 0.3) is 10.9 Å². The summed E-state index contributed by atoms with van der Waals surface area (Å²) in [5, 5.41) is 1.39. The summed E-state index contributed by atoms with van der Waals surface area (Å²) in [4.78, 5) is 6.31. The minimum atomic E-state index is -0.141. The van der Waals surface area contributed by atoms with Crippen LogP contribution in [-0.4, -0.2) is 29.5 Å². The molecule has 0 amide bonds. The van der Waals surface area contributed by atoms with Crippen molar-refractivity contribution < 1.29 is 0 Å². The highest BCUT2D eigenvalue weighted by atomic mass is 15.1. The maximum absolute atomic E-state index is 6.88. The number of hydrogen-bond acceptors (Lipinski definition) is 2. The minimum Gasteiger partial charge on any atom is -0.357 e. The third-order valence-corrected chi connectivity index (χ3v) is 5.93. The van der Waals surface area contributed by atoms with Crippen LogP contribution in [0.1, 0.15) is 56.2 Å². The summed E-state index contributed by atoms with van der Waals surface area (Å²) in [5.41, 5.74) is 10.8. The van der Waals surface area contributed by atoms with Gasteiger partial charge in [-0.15, -0.1) is 0 Å². The van der Waals surface area contributed by atoms with E-state index in [0.717, 1.165) is 19.3 Å². The highest BCUT2D eigenvalue weighted by Crippen LogP contribution is 2.38. The summed E-state index contributed by atoms with van der Waals surface area (Å²) < 4.78 is 0. The lowest BCUT2D eigenvalue weighted by Gasteiger charge is -2.34. The summed E-state index contributed by atoms with van der Waals surface area (Å²) in [6.07, 6.45) is 9.95. The highest BCUT2D eigenvalue weighted by molar-refractivity contribution is 5.85. The first-order chi connectivity index (χ1) is 11.3. The van der Waals surface area contributed by atoms with Gasteiger partial charge in [-0.1, -0.05) is 37.5 Å². The topological polar surface area (TPSA) is 45.1 Å². The fourth-order valence-corrected chi connectivity index (χ4v) is 4.59. The van der Waals surface area contributed by atoms with Crippen molar-refractivity contribution >= 4 is 10.9 Å². The van der Waals surface area contributed by atoms with Crippen LogP contribution in [0.2, 0.25) is 0 Å². The quantitative estimate of drug-likeness (QED) is 0.899. The van der Waals surface area contributed by atoms with Crippen LogP contribution >= 0.6 is 0 Å². The molecule has 3 nitrogen and oxygen atoms in total. The zero-order valence-electron chi connectivity index (χ0n) is 14.1. The predicted molar refractivity (Wildman–Crippen MR) is 96.6 cm³/mol. The number of benzene rings is 1. The van der Waals surface area contributed by atoms with E-state index in [1.54, 1.807) is 0 Å². The fraction of sp³-hybridized carbons (Fsp3) is 0.600. The Morgan fingerprint density at radius 2 is 1.74 bits per heavy atom. The fourth-order valence-electron chi connectivity index (χ4n) is 4.59. The minimum absolute atomic E-state index is 0.141. The third kappa shape index (κ3) is 2.92. The number of rotatable bonds is 4. The third-order valence-electron chi connectivity index (χ3n) is 5.93. The van der Waals surface area contributed by atoms with E-state index in [1.165, 1.54) is 73.9 Å². The Labute approximate surface area is 139 Å². The van der Waals surface area contributed by atoms with E-state index < -0.39 is 0 Å². The van der Waals surface area contributed by atoms with Gasteiger partial charge in [0.25, 0.3) is 0 Å². The van der Waals surface area contributed by atoms with Crippen LogP contribution in [-0.2, 0) is 12.0 Å². The van der Waals surface area contributed by atoms with Crippen molar-refractivity contribution in [1.29, 1.82) is 0 Å². The number of para-hydroxylation sites is 1. The molecule has 4 rings (SSSR count). The van der Waals surface area contributed by atoms with E-state index in [0.29, 0.717) is 0 Å². The van der Waals surface area contributed by atoms with Crippen molar-refractivity contribution in [1.82, 2.24) is 9.88 Å². The molecular formula is C20H29N3. The first kappa shape index (κ1) is 15.2. The SMILES string of the molecule is NC1(c2[nH]c3ccccc3c2CCN2CCCC2)CCCCC1. The molecule has 0 spiro atoms. The molecule has 2 aromatic rings. The normalized spacial score (nSPS) is 22.0. The lowest BCUT2D eigenvalue weighted by molar-refractivity contribution is 0.292. The molecule has 1 aliphatic heterocycles. The van der Waals surface area contributed by atoms with E-state index in [9.17, 15) is 0 Å². The predicted octanol–water partition coefficient (Wildman–Crippen LogP) is 3.92. The molecule has 1 saturated carbocycles. The smallest absolute Gasteiger partial charge is 0.0564 e. The molecule has 0 bridgehead atoms. The van der Waals surface area contributed by atoms with E-state index in [1.807, 2.05) is 0 Å². The molecule has 0 unspecified atom stereocenters. The molecular weight excluding hydrogens is 282 g/mol. The number of likely N-dealkylation sites (tertiary alicyclic amines) is 1. The summed E-state index contributed by atoms with van der Waals surface area (Å²) >= 11 is 0. The number of H-pyrrole nitrogens is 1. The molecule has 2 heterocycles. The maximum Gasteiger partial charge on any atom is 0.0564 e. The van der Waals surface area contributed by atoms with Gasteiger partial charge in [0.05, 0.1) is 5.54 Å². The van der Waals surface area contributed by atoms with Gasteiger partial charge in [0.15, 0.2) is 0 Å². The molecule has 1 aromatic heterocycles. The summed E-state index contributed by atoms with van der Waals surface area (Å²) in [5.74, 6) is 0. The van der Waals surface area contributed by atoms with Gasteiger partial charge < -0.3 is 15.6 Å². The molecule has 1 saturated heterocycles. The largest absolute Gasteiger partial charge is 0.357 e. The van der Waals surface area contributed by atoms with Crippen molar-refractivity contribution in [2.45, 2.75) is 56.9 Å². The molecule has 3 heteroatoms. The van der Waals surface area contributed by atoms with Crippen molar-refractivity contribution in [3.8, 4) is 0 Å². The van der Waals surface area contributed by atoms with Crippen LogP contribution < -0.4 is 5.73 Å². The number of fused-ring (bicyclic) bond motifs is 1. The number of hydrogen-bond donors (Lipinski definition) is 2. The van der Waals surface area contributed by atoms with E-state index in [4.69, 9.17) is 5.73 Å². The standard InChI is InChI=1S/C20H29N3/c21-20(11-4-1-5-12-20)19-17(10-15-23-13-6-7-14-23)16-8-2-3-9-18(16)22-19/h2-3,8-9,22H,1,4-7,10-15,21H2. The summed E-state index contributed by atoms with van der Waals surface area (Å²) in [6, 6.07) is 8.74. The molecule has 124 valence electrons. The molecule has 23 heavy (non-hydrogen) atoms. The van der Waals surface area contributed by atoms with Crippen LogP contribution in [0.5, 0.6) is 0 Å². The lowest BCUT2D eigenvalue weighted by Crippen LogP contribution is -2.40. The molecule has 2 fully saturated rings. The Bertz CT molecular complexity index is 661. The number of aromatic nitrogens is 1. The van der Waals surface area contributed by atoms with Gasteiger partial charge >= 0.3 is 0 Å². The molecule has 1 aromatic carbocycles. The van der Waals surface area contributed by atoms with Gasteiger partial charge in [-0.25, -0.2) is 0 Å². The van der Waals surface area contributed by atoms with Gasteiger partial charge in [-0.2, -0.15) is 0 Å². The van der Waals surface area contributed by atoms with E-state index >= 15 is 0 Å². The number of nitrogens with two attached hydrogens (primary N) is 1. The number of nitrogens with zero attached hydrogens (tertiary/aromatic N) is 1. The molecule has 0 atom stereocenters. The second-order valence-corrected chi connectivity index (χ2v) is 7.54.